The van der Waals surface area contributed by atoms with Crippen LogP contribution in [0.1, 0.15) is 37.8 Å². The Balaban J connectivity index is 2.40. The summed E-state index contributed by atoms with van der Waals surface area (Å²) in [4.78, 5) is 12.9. The van der Waals surface area contributed by atoms with Gasteiger partial charge < -0.3 is 5.32 Å². The van der Waals surface area contributed by atoms with Gasteiger partial charge in [0.15, 0.2) is 0 Å². The zero-order chi connectivity index (χ0) is 20.4. The molecule has 0 aliphatic carbocycles. The van der Waals surface area contributed by atoms with Crippen molar-refractivity contribution in [2.45, 2.75) is 39.7 Å². The van der Waals surface area contributed by atoms with Crippen LogP contribution < -0.4 is 9.62 Å². The van der Waals surface area contributed by atoms with E-state index < -0.39 is 27.8 Å². The normalized spacial score (nSPS) is 12.7. The highest BCUT2D eigenvalue weighted by Crippen LogP contribution is 2.28. The van der Waals surface area contributed by atoms with Crippen LogP contribution in [0.4, 0.5) is 15.8 Å². The van der Waals surface area contributed by atoms with Crippen molar-refractivity contribution in [3.8, 4) is 0 Å². The van der Waals surface area contributed by atoms with Gasteiger partial charge in [0, 0.05) is 5.69 Å². The average Bonchev–Trinajstić information content (AvgIpc) is 2.55. The van der Waals surface area contributed by atoms with Gasteiger partial charge in [-0.1, -0.05) is 38.1 Å². The third-order valence-electron chi connectivity index (χ3n) is 4.33. The molecule has 1 amide bonds. The van der Waals surface area contributed by atoms with Gasteiger partial charge in [-0.15, -0.1) is 0 Å². The monoisotopic (exact) mass is 392 g/mol. The van der Waals surface area contributed by atoms with Crippen molar-refractivity contribution in [3.63, 3.8) is 0 Å². The van der Waals surface area contributed by atoms with Crippen molar-refractivity contribution in [2.75, 3.05) is 15.9 Å². The summed E-state index contributed by atoms with van der Waals surface area (Å²) in [5.41, 5.74) is 2.64. The highest BCUT2D eigenvalue weighted by Gasteiger charge is 2.30. The molecule has 0 aliphatic rings. The van der Waals surface area contributed by atoms with E-state index in [1.54, 1.807) is 0 Å². The number of benzene rings is 2. The lowest BCUT2D eigenvalue weighted by atomic mass is 9.98. The fraction of sp³-hybridized carbons (Fsp3) is 0.350. The van der Waals surface area contributed by atoms with Crippen molar-refractivity contribution in [1.29, 1.82) is 0 Å². The maximum atomic E-state index is 13.6. The van der Waals surface area contributed by atoms with Crippen LogP contribution in [0, 0.1) is 12.7 Å². The summed E-state index contributed by atoms with van der Waals surface area (Å²) in [6.45, 7) is 7.40. The second kappa shape index (κ2) is 8.08. The molecule has 27 heavy (non-hydrogen) atoms. The predicted molar refractivity (Wildman–Crippen MR) is 107 cm³/mol. The molecule has 2 aromatic carbocycles. The Morgan fingerprint density at radius 3 is 2.30 bits per heavy atom. The Labute approximate surface area is 160 Å². The van der Waals surface area contributed by atoms with E-state index in [9.17, 15) is 17.6 Å². The van der Waals surface area contributed by atoms with Gasteiger partial charge in [-0.2, -0.15) is 0 Å². The van der Waals surface area contributed by atoms with Crippen molar-refractivity contribution in [2.24, 2.45) is 0 Å². The molecule has 7 heteroatoms. The topological polar surface area (TPSA) is 66.5 Å². The number of carbonyl (C=O) groups is 1. The zero-order valence-corrected chi connectivity index (χ0v) is 17.0. The van der Waals surface area contributed by atoms with Crippen molar-refractivity contribution >= 4 is 27.3 Å². The van der Waals surface area contributed by atoms with Gasteiger partial charge in [-0.05, 0) is 49.1 Å². The number of hydrogen-bond donors (Lipinski definition) is 1. The summed E-state index contributed by atoms with van der Waals surface area (Å²) in [5.74, 6) is -0.875. The Morgan fingerprint density at radius 2 is 1.74 bits per heavy atom. The lowest BCUT2D eigenvalue weighted by molar-refractivity contribution is -0.116. The summed E-state index contributed by atoms with van der Waals surface area (Å²) in [6, 6.07) is 9.86. The minimum Gasteiger partial charge on any atom is -0.324 e. The SMILES string of the molecule is Cc1cccc(C(C)C)c1NC(=O)[C@@H](C)N(c1cccc(F)c1)S(C)(=O)=O. The first-order chi connectivity index (χ1) is 12.5. The van der Waals surface area contributed by atoms with E-state index in [4.69, 9.17) is 0 Å². The van der Waals surface area contributed by atoms with Crippen molar-refractivity contribution in [3.05, 3.63) is 59.4 Å². The molecule has 0 aromatic heterocycles. The summed E-state index contributed by atoms with van der Waals surface area (Å²) in [6.07, 6.45) is 0.995. The van der Waals surface area contributed by atoms with Crippen LogP contribution in [0.15, 0.2) is 42.5 Å². The first kappa shape index (κ1) is 20.9. The molecule has 0 bridgehead atoms. The number of nitrogens with zero attached hydrogens (tertiary/aromatic N) is 1. The van der Waals surface area contributed by atoms with Gasteiger partial charge in [-0.25, -0.2) is 12.8 Å². The standard InChI is InChI=1S/C20H25FN2O3S/c1-13(2)18-11-6-8-14(3)19(18)22-20(24)15(4)23(27(5,25)26)17-10-7-9-16(21)12-17/h6-13,15H,1-5H3,(H,22,24)/t15-/m1/s1. The lowest BCUT2D eigenvalue weighted by Crippen LogP contribution is -2.45. The van der Waals surface area contributed by atoms with Crippen LogP contribution >= 0.6 is 0 Å². The van der Waals surface area contributed by atoms with E-state index in [1.165, 1.54) is 25.1 Å². The van der Waals surface area contributed by atoms with E-state index in [-0.39, 0.29) is 11.6 Å². The summed E-state index contributed by atoms with van der Waals surface area (Å²) in [7, 11) is -3.80. The van der Waals surface area contributed by atoms with Crippen molar-refractivity contribution in [1.82, 2.24) is 0 Å². The Bertz CT molecular complexity index is 942. The molecule has 2 rings (SSSR count). The highest BCUT2D eigenvalue weighted by atomic mass is 32.2. The molecule has 0 spiro atoms. The number of nitrogens with one attached hydrogen (secondary N) is 1. The number of sulfonamides is 1. The van der Waals surface area contributed by atoms with E-state index in [1.807, 2.05) is 39.0 Å². The van der Waals surface area contributed by atoms with Gasteiger partial charge in [-0.3, -0.25) is 9.10 Å². The van der Waals surface area contributed by atoms with Crippen LogP contribution in [-0.2, 0) is 14.8 Å². The summed E-state index contributed by atoms with van der Waals surface area (Å²) >= 11 is 0. The minimum atomic E-state index is -3.80. The van der Waals surface area contributed by atoms with Crippen LogP contribution in [0.2, 0.25) is 0 Å². The van der Waals surface area contributed by atoms with Crippen LogP contribution in [0.5, 0.6) is 0 Å². The molecule has 0 saturated heterocycles. The number of anilines is 2. The number of carbonyl (C=O) groups excluding carboxylic acids is 1. The Morgan fingerprint density at radius 1 is 1.11 bits per heavy atom. The first-order valence-corrected chi connectivity index (χ1v) is 10.5. The molecular weight excluding hydrogens is 367 g/mol. The van der Waals surface area contributed by atoms with Crippen LogP contribution in [0.3, 0.4) is 0 Å². The van der Waals surface area contributed by atoms with E-state index in [2.05, 4.69) is 5.32 Å². The van der Waals surface area contributed by atoms with Crippen molar-refractivity contribution < 1.29 is 17.6 Å². The number of amides is 1. The highest BCUT2D eigenvalue weighted by molar-refractivity contribution is 7.92. The third-order valence-corrected chi connectivity index (χ3v) is 5.57. The van der Waals surface area contributed by atoms with Gasteiger partial charge in [0.2, 0.25) is 15.9 Å². The zero-order valence-electron chi connectivity index (χ0n) is 16.2. The molecule has 0 radical (unpaired) electrons. The Kier molecular flexibility index (Phi) is 6.26. The van der Waals surface area contributed by atoms with Gasteiger partial charge in [0.25, 0.3) is 0 Å². The van der Waals surface area contributed by atoms with Gasteiger partial charge >= 0.3 is 0 Å². The number of hydrogen-bond acceptors (Lipinski definition) is 3. The molecule has 2 aromatic rings. The second-order valence-corrected chi connectivity index (χ2v) is 8.76. The third kappa shape index (κ3) is 4.86. The number of para-hydroxylation sites is 1. The van der Waals surface area contributed by atoms with E-state index in [0.29, 0.717) is 5.69 Å². The number of aryl methyl sites for hydroxylation is 1. The quantitative estimate of drug-likeness (QED) is 0.806. The molecule has 146 valence electrons. The average molecular weight is 392 g/mol. The maximum absolute atomic E-state index is 13.6. The first-order valence-electron chi connectivity index (χ1n) is 8.67. The number of rotatable bonds is 6. The molecule has 1 atom stereocenters. The largest absolute Gasteiger partial charge is 0.324 e. The molecule has 5 nitrogen and oxygen atoms in total. The lowest BCUT2D eigenvalue weighted by Gasteiger charge is -2.29. The maximum Gasteiger partial charge on any atom is 0.248 e. The Hall–Kier alpha value is -2.41. The molecule has 0 saturated carbocycles. The van der Waals surface area contributed by atoms with Crippen LogP contribution in [0.25, 0.3) is 0 Å². The molecule has 0 unspecified atom stereocenters. The summed E-state index contributed by atoms with van der Waals surface area (Å²) < 4.78 is 39.1. The summed E-state index contributed by atoms with van der Waals surface area (Å²) in [5, 5.41) is 2.86. The minimum absolute atomic E-state index is 0.106. The molecule has 1 N–H and O–H groups in total. The van der Waals surface area contributed by atoms with Crippen LogP contribution in [-0.4, -0.2) is 26.6 Å². The van der Waals surface area contributed by atoms with E-state index in [0.717, 1.165) is 27.8 Å². The smallest absolute Gasteiger partial charge is 0.248 e. The van der Waals surface area contributed by atoms with E-state index >= 15 is 0 Å². The molecule has 0 aliphatic heterocycles. The molecule has 0 heterocycles. The second-order valence-electron chi connectivity index (χ2n) is 6.90. The van der Waals surface area contributed by atoms with Gasteiger partial charge in [0.1, 0.15) is 11.9 Å². The fourth-order valence-corrected chi connectivity index (χ4v) is 4.16. The molecule has 0 fully saturated rings. The fourth-order valence-electron chi connectivity index (χ4n) is 2.99. The predicted octanol–water partition coefficient (Wildman–Crippen LogP) is 4.05. The molecular formula is C20H25FN2O3S. The van der Waals surface area contributed by atoms with Gasteiger partial charge in [0.05, 0.1) is 11.9 Å². The number of halogens is 1.